The van der Waals surface area contributed by atoms with Gasteiger partial charge in [-0.3, -0.25) is 0 Å². The molecule has 0 radical (unpaired) electrons. The van der Waals surface area contributed by atoms with Gasteiger partial charge in [0.2, 0.25) is 0 Å². The van der Waals surface area contributed by atoms with Crippen molar-refractivity contribution in [2.75, 3.05) is 0 Å². The fourth-order valence-corrected chi connectivity index (χ4v) is 1.60. The molecule has 1 atom stereocenters. The molecule has 2 aliphatic rings. The van der Waals surface area contributed by atoms with E-state index in [4.69, 9.17) is 0 Å². The monoisotopic (exact) mass is 150 g/mol. The van der Waals surface area contributed by atoms with E-state index < -0.39 is 0 Å². The van der Waals surface area contributed by atoms with E-state index >= 15 is 0 Å². The summed E-state index contributed by atoms with van der Waals surface area (Å²) in [4.78, 5) is 4.12. The first-order valence-corrected chi connectivity index (χ1v) is 4.39. The van der Waals surface area contributed by atoms with Gasteiger partial charge in [0.1, 0.15) is 0 Å². The van der Waals surface area contributed by atoms with Crippen LogP contribution in [0.1, 0.15) is 26.2 Å². The van der Waals surface area contributed by atoms with Gasteiger partial charge in [-0.15, -0.1) is 0 Å². The maximum atomic E-state index is 4.12. The minimum absolute atomic E-state index is 0.569. The van der Waals surface area contributed by atoms with Gasteiger partial charge in [-0.1, -0.05) is 6.92 Å². The molecule has 0 bridgehead atoms. The van der Waals surface area contributed by atoms with Crippen LogP contribution in [0, 0.1) is 5.92 Å². The van der Waals surface area contributed by atoms with E-state index in [2.05, 4.69) is 17.2 Å². The second kappa shape index (κ2) is 2.68. The van der Waals surface area contributed by atoms with Crippen molar-refractivity contribution in [1.82, 2.24) is 5.32 Å². The third-order valence-corrected chi connectivity index (χ3v) is 2.43. The number of nitrogens with one attached hydrogen (secondary N) is 1. The summed E-state index contributed by atoms with van der Waals surface area (Å²) < 4.78 is 0. The second-order valence-electron chi connectivity index (χ2n) is 3.31. The highest BCUT2D eigenvalue weighted by Crippen LogP contribution is 2.39. The van der Waals surface area contributed by atoms with Crippen LogP contribution in [0.4, 0.5) is 0 Å². The van der Waals surface area contributed by atoms with Crippen molar-refractivity contribution in [3.05, 3.63) is 11.8 Å². The summed E-state index contributed by atoms with van der Waals surface area (Å²) in [5, 5.41) is 3.28. The Hall–Kier alpha value is -0.790. The Bertz CT molecular complexity index is 202. The van der Waals surface area contributed by atoms with Gasteiger partial charge in [0.15, 0.2) is 0 Å². The Labute approximate surface area is 67.4 Å². The minimum Gasteiger partial charge on any atom is -0.370 e. The van der Waals surface area contributed by atoms with Crippen molar-refractivity contribution in [2.24, 2.45) is 10.9 Å². The topological polar surface area (TPSA) is 24.4 Å². The maximum absolute atomic E-state index is 4.12. The summed E-state index contributed by atoms with van der Waals surface area (Å²) in [6.07, 6.45) is 7.77. The zero-order valence-corrected chi connectivity index (χ0v) is 6.88. The number of nitrogens with zero attached hydrogens (tertiary/aromatic N) is 1. The number of hydrogen-bond acceptors (Lipinski definition) is 2. The Morgan fingerprint density at radius 1 is 1.64 bits per heavy atom. The maximum Gasteiger partial charge on any atom is 0.0883 e. The molecule has 2 rings (SSSR count). The predicted molar refractivity (Wildman–Crippen MR) is 46.5 cm³/mol. The van der Waals surface area contributed by atoms with Crippen LogP contribution in [0.2, 0.25) is 0 Å². The summed E-state index contributed by atoms with van der Waals surface area (Å²) in [7, 11) is 0. The van der Waals surface area contributed by atoms with Crippen molar-refractivity contribution < 1.29 is 0 Å². The van der Waals surface area contributed by atoms with Crippen LogP contribution in [-0.2, 0) is 0 Å². The molecule has 60 valence electrons. The van der Waals surface area contributed by atoms with Gasteiger partial charge < -0.3 is 5.32 Å². The molecule has 1 aliphatic carbocycles. The van der Waals surface area contributed by atoms with E-state index in [9.17, 15) is 0 Å². The molecule has 1 N–H and O–H groups in total. The zero-order valence-electron chi connectivity index (χ0n) is 6.88. The Balaban J connectivity index is 2.10. The molecule has 11 heavy (non-hydrogen) atoms. The largest absolute Gasteiger partial charge is 0.370 e. The molecule has 2 heteroatoms. The van der Waals surface area contributed by atoms with Gasteiger partial charge in [0.05, 0.1) is 6.34 Å². The van der Waals surface area contributed by atoms with Crippen LogP contribution in [-0.4, -0.2) is 12.4 Å². The molecule has 0 aromatic heterocycles. The fraction of sp³-hybridized carbons (Fsp3) is 0.667. The van der Waals surface area contributed by atoms with Gasteiger partial charge in [0, 0.05) is 12.2 Å². The molecule has 0 aromatic carbocycles. The molecule has 0 aromatic rings. The summed E-state index contributed by atoms with van der Waals surface area (Å²) in [6, 6.07) is 0.569. The lowest BCUT2D eigenvalue weighted by atomic mass is 10.0. The summed E-state index contributed by atoms with van der Waals surface area (Å²) >= 11 is 0. The van der Waals surface area contributed by atoms with Gasteiger partial charge >= 0.3 is 0 Å². The lowest BCUT2D eigenvalue weighted by Gasteiger charge is -2.20. The summed E-state index contributed by atoms with van der Waals surface area (Å²) in [5.41, 5.74) is 1.52. The molecular weight excluding hydrogens is 136 g/mol. The van der Waals surface area contributed by atoms with Crippen molar-refractivity contribution in [2.45, 2.75) is 32.2 Å². The summed E-state index contributed by atoms with van der Waals surface area (Å²) in [6.45, 7) is 2.22. The SMILES string of the molecule is CCC1NC=NC=C1C1CC1. The first-order chi connectivity index (χ1) is 5.42. The van der Waals surface area contributed by atoms with Crippen LogP contribution in [0.15, 0.2) is 16.8 Å². The van der Waals surface area contributed by atoms with Crippen molar-refractivity contribution in [3.63, 3.8) is 0 Å². The van der Waals surface area contributed by atoms with E-state index in [-0.39, 0.29) is 0 Å². The molecular formula is C9H14N2. The lowest BCUT2D eigenvalue weighted by molar-refractivity contribution is 0.627. The van der Waals surface area contributed by atoms with E-state index in [0.29, 0.717) is 6.04 Å². The van der Waals surface area contributed by atoms with Crippen LogP contribution in [0.5, 0.6) is 0 Å². The Kier molecular flexibility index (Phi) is 1.68. The highest BCUT2D eigenvalue weighted by molar-refractivity contribution is 5.59. The van der Waals surface area contributed by atoms with Crippen molar-refractivity contribution in [1.29, 1.82) is 0 Å². The smallest absolute Gasteiger partial charge is 0.0883 e. The molecule has 1 aliphatic heterocycles. The molecule has 2 nitrogen and oxygen atoms in total. The van der Waals surface area contributed by atoms with Gasteiger partial charge in [0.25, 0.3) is 0 Å². The standard InChI is InChI=1S/C9H14N2/c1-2-9-8(7-3-4-7)5-10-6-11-9/h5-7,9H,2-4H2,1H3,(H,10,11). The molecule has 1 fully saturated rings. The first-order valence-electron chi connectivity index (χ1n) is 4.39. The van der Waals surface area contributed by atoms with Crippen LogP contribution in [0.3, 0.4) is 0 Å². The molecule has 0 saturated heterocycles. The minimum atomic E-state index is 0.569. The second-order valence-corrected chi connectivity index (χ2v) is 3.31. The predicted octanol–water partition coefficient (Wildman–Crippen LogP) is 1.69. The molecule has 1 unspecified atom stereocenters. The number of hydrogen-bond donors (Lipinski definition) is 1. The Morgan fingerprint density at radius 2 is 2.45 bits per heavy atom. The first kappa shape index (κ1) is 6.89. The van der Waals surface area contributed by atoms with Crippen LogP contribution < -0.4 is 5.32 Å². The normalized spacial score (nSPS) is 29.5. The quantitative estimate of drug-likeness (QED) is 0.636. The third kappa shape index (κ3) is 1.30. The van der Waals surface area contributed by atoms with Gasteiger partial charge in [-0.2, -0.15) is 0 Å². The zero-order chi connectivity index (χ0) is 7.68. The van der Waals surface area contributed by atoms with Crippen molar-refractivity contribution in [3.8, 4) is 0 Å². The molecule has 0 spiro atoms. The number of aliphatic imine (C=N–C) groups is 1. The highest BCUT2D eigenvalue weighted by atomic mass is 15.0. The Morgan fingerprint density at radius 3 is 3.09 bits per heavy atom. The van der Waals surface area contributed by atoms with Crippen LogP contribution >= 0.6 is 0 Å². The summed E-state index contributed by atoms with van der Waals surface area (Å²) in [5.74, 6) is 0.852. The van der Waals surface area contributed by atoms with Crippen LogP contribution in [0.25, 0.3) is 0 Å². The van der Waals surface area contributed by atoms with Gasteiger partial charge in [-0.25, -0.2) is 4.99 Å². The van der Waals surface area contributed by atoms with E-state index in [1.807, 2.05) is 6.20 Å². The number of rotatable bonds is 2. The van der Waals surface area contributed by atoms with E-state index in [0.717, 1.165) is 5.92 Å². The van der Waals surface area contributed by atoms with Gasteiger partial charge in [-0.05, 0) is 30.8 Å². The fourth-order valence-electron chi connectivity index (χ4n) is 1.60. The molecule has 0 amide bonds. The van der Waals surface area contributed by atoms with E-state index in [1.54, 1.807) is 6.34 Å². The van der Waals surface area contributed by atoms with E-state index in [1.165, 1.54) is 24.8 Å². The lowest BCUT2D eigenvalue weighted by Crippen LogP contribution is -2.31. The molecule has 1 heterocycles. The third-order valence-electron chi connectivity index (χ3n) is 2.43. The van der Waals surface area contributed by atoms with Crippen molar-refractivity contribution >= 4 is 6.34 Å². The molecule has 1 saturated carbocycles. The average Bonchev–Trinajstić information content (AvgIpc) is 2.87. The average molecular weight is 150 g/mol. The highest BCUT2D eigenvalue weighted by Gasteiger charge is 2.30.